The van der Waals surface area contributed by atoms with Gasteiger partial charge in [-0.1, -0.05) is 6.92 Å². The Balaban J connectivity index is 5.70. The molecular weight excluding hydrogens is 284 g/mol. The Morgan fingerprint density at radius 1 is 1.26 bits per heavy atom. The molecule has 19 heavy (non-hydrogen) atoms. The van der Waals surface area contributed by atoms with Crippen LogP contribution in [0.2, 0.25) is 0 Å². The van der Waals surface area contributed by atoms with Crippen LogP contribution in [0, 0.1) is 30.1 Å². The highest BCUT2D eigenvalue weighted by atomic mass is 31.2. The Morgan fingerprint density at radius 2 is 1.68 bits per heavy atom. The molecule has 0 rings (SSSR count). The summed E-state index contributed by atoms with van der Waals surface area (Å²) in [5.41, 5.74) is -1.76. The predicted octanol–water partition coefficient (Wildman–Crippen LogP) is 2.47. The zero-order valence-electron chi connectivity index (χ0n) is 10.1. The average Bonchev–Trinajstić information content (AvgIpc) is 2.23. The molecule has 0 saturated heterocycles. The maximum Gasteiger partial charge on any atom is 0.470 e. The first-order chi connectivity index (χ1) is 8.52. The Hall–Kier alpha value is -0.980. The minimum atomic E-state index is -5.33. The highest BCUT2D eigenvalue weighted by Gasteiger charge is 2.55. The van der Waals surface area contributed by atoms with E-state index >= 15 is 0 Å². The fourth-order valence-corrected chi connectivity index (χ4v) is 2.36. The first kappa shape index (κ1) is 18.0. The van der Waals surface area contributed by atoms with Crippen molar-refractivity contribution in [3.05, 3.63) is 0 Å². The third-order valence-electron chi connectivity index (χ3n) is 2.71. The number of halogens is 3. The van der Waals surface area contributed by atoms with Crippen LogP contribution in [0.5, 0.6) is 0 Å². The van der Waals surface area contributed by atoms with Crippen molar-refractivity contribution in [1.29, 1.82) is 0 Å². The second-order valence-corrected chi connectivity index (χ2v) is 5.19. The van der Waals surface area contributed by atoms with Gasteiger partial charge in [-0.05, 0) is 6.42 Å². The van der Waals surface area contributed by atoms with Crippen LogP contribution in [0.3, 0.4) is 0 Å². The highest BCUT2D eigenvalue weighted by Crippen LogP contribution is 2.51. The second-order valence-electron chi connectivity index (χ2n) is 4.00. The van der Waals surface area contributed by atoms with Gasteiger partial charge in [0.2, 0.25) is 0 Å². The van der Waals surface area contributed by atoms with Gasteiger partial charge in [-0.25, -0.2) is 4.57 Å². The number of hydrogen-bond donors (Lipinski definition) is 2. The van der Waals surface area contributed by atoms with Gasteiger partial charge in [-0.15, -0.1) is 24.7 Å². The fraction of sp³-hybridized carbons (Fsp3) is 0.636. The Kier molecular flexibility index (Phi) is 6.12. The molecule has 0 aliphatic rings. The summed E-state index contributed by atoms with van der Waals surface area (Å²) < 4.78 is 53.6. The van der Waals surface area contributed by atoms with Crippen LogP contribution in [-0.4, -0.2) is 22.1 Å². The van der Waals surface area contributed by atoms with E-state index in [0.717, 1.165) is 0 Å². The monoisotopic (exact) mass is 298 g/mol. The molecule has 0 bridgehead atoms. The molecule has 0 aromatic heterocycles. The largest absolute Gasteiger partial charge is 0.470 e. The van der Waals surface area contributed by atoms with Gasteiger partial charge < -0.3 is 9.79 Å². The maximum absolute atomic E-state index is 13.0. The molecule has 0 spiro atoms. The van der Waals surface area contributed by atoms with E-state index in [1.54, 1.807) is 0 Å². The summed E-state index contributed by atoms with van der Waals surface area (Å²) in [5.74, 6) is 4.11. The molecule has 1 atom stereocenters. The number of phosphoric ester groups is 1. The Labute approximate surface area is 109 Å². The summed E-state index contributed by atoms with van der Waals surface area (Å²) >= 11 is 0. The van der Waals surface area contributed by atoms with Crippen molar-refractivity contribution in [3.63, 3.8) is 0 Å². The highest BCUT2D eigenvalue weighted by molar-refractivity contribution is 7.46. The van der Waals surface area contributed by atoms with Gasteiger partial charge in [-0.3, -0.25) is 4.52 Å². The summed E-state index contributed by atoms with van der Waals surface area (Å²) in [6, 6.07) is 0. The van der Waals surface area contributed by atoms with E-state index in [4.69, 9.17) is 22.6 Å². The zero-order valence-corrected chi connectivity index (χ0v) is 11.0. The van der Waals surface area contributed by atoms with Crippen molar-refractivity contribution in [2.75, 3.05) is 0 Å². The van der Waals surface area contributed by atoms with Crippen LogP contribution in [0.15, 0.2) is 0 Å². The van der Waals surface area contributed by atoms with E-state index in [0.29, 0.717) is 0 Å². The molecule has 0 saturated carbocycles. The quantitative estimate of drug-likeness (QED) is 0.584. The van der Waals surface area contributed by atoms with E-state index < -0.39 is 38.4 Å². The number of terminal acetylenes is 2. The fourth-order valence-electron chi connectivity index (χ4n) is 1.75. The molecule has 108 valence electrons. The lowest BCUT2D eigenvalue weighted by molar-refractivity contribution is -0.233. The normalized spacial score (nSPS) is 14.5. The van der Waals surface area contributed by atoms with Gasteiger partial charge in [-0.2, -0.15) is 13.2 Å². The van der Waals surface area contributed by atoms with Gasteiger partial charge in [0.05, 0.1) is 0 Å². The van der Waals surface area contributed by atoms with Crippen LogP contribution in [-0.2, 0) is 9.09 Å². The number of alkyl halides is 3. The smallest absolute Gasteiger partial charge is 0.303 e. The molecule has 0 fully saturated rings. The molecular formula is C11H14F3O4P. The van der Waals surface area contributed by atoms with Crippen molar-refractivity contribution >= 4 is 7.82 Å². The topological polar surface area (TPSA) is 66.8 Å². The number of phosphoric acid groups is 1. The molecule has 2 N–H and O–H groups in total. The summed E-state index contributed by atoms with van der Waals surface area (Å²) in [7, 11) is -5.33. The number of hydrogen-bond acceptors (Lipinski definition) is 2. The molecule has 0 aromatic carbocycles. The summed E-state index contributed by atoms with van der Waals surface area (Å²) in [4.78, 5) is 17.3. The molecule has 8 heteroatoms. The van der Waals surface area contributed by atoms with E-state index in [-0.39, 0.29) is 6.42 Å². The molecule has 0 aromatic rings. The van der Waals surface area contributed by atoms with Crippen LogP contribution >= 0.6 is 7.82 Å². The number of rotatable bonds is 6. The van der Waals surface area contributed by atoms with E-state index in [9.17, 15) is 17.7 Å². The summed E-state index contributed by atoms with van der Waals surface area (Å²) in [6.07, 6.45) is 1.40. The van der Waals surface area contributed by atoms with E-state index in [2.05, 4.69) is 16.4 Å². The van der Waals surface area contributed by atoms with Gasteiger partial charge in [0, 0.05) is 18.3 Å². The van der Waals surface area contributed by atoms with Gasteiger partial charge >= 0.3 is 14.0 Å². The van der Waals surface area contributed by atoms with Crippen molar-refractivity contribution in [3.8, 4) is 24.7 Å². The van der Waals surface area contributed by atoms with E-state index in [1.165, 1.54) is 6.92 Å². The molecule has 0 aliphatic heterocycles. The molecule has 0 amide bonds. The molecule has 1 unspecified atom stereocenters. The minimum absolute atomic E-state index is 0.133. The SMILES string of the molecule is C#CCC(CC)(CC#C)C(OP(=O)(O)O)C(F)(F)F. The van der Waals surface area contributed by atoms with Crippen molar-refractivity contribution in [1.82, 2.24) is 0 Å². The predicted molar refractivity (Wildman–Crippen MR) is 62.6 cm³/mol. The third kappa shape index (κ3) is 5.26. The maximum atomic E-state index is 13.0. The minimum Gasteiger partial charge on any atom is -0.303 e. The first-order valence-corrected chi connectivity index (χ1v) is 6.73. The lowest BCUT2D eigenvalue weighted by atomic mass is 9.74. The van der Waals surface area contributed by atoms with E-state index in [1.807, 2.05) is 0 Å². The van der Waals surface area contributed by atoms with Gasteiger partial charge in [0.15, 0.2) is 6.10 Å². The lowest BCUT2D eigenvalue weighted by Crippen LogP contribution is -2.46. The molecule has 0 heterocycles. The lowest BCUT2D eigenvalue weighted by Gasteiger charge is -2.38. The zero-order chi connectivity index (χ0) is 15.3. The standard InChI is InChI=1S/C11H14F3O4P/c1-4-7-10(6-3,8-5-2)9(11(12,13)14)18-19(15,16)17/h1-2,9H,6-8H2,3H3,(H2,15,16,17). The summed E-state index contributed by atoms with van der Waals surface area (Å²) in [5, 5.41) is 0. The molecule has 0 aliphatic carbocycles. The van der Waals surface area contributed by atoms with Crippen molar-refractivity contribution in [2.45, 2.75) is 38.5 Å². The van der Waals surface area contributed by atoms with Crippen LogP contribution in [0.4, 0.5) is 13.2 Å². The average molecular weight is 298 g/mol. The molecule has 0 radical (unpaired) electrons. The Bertz CT molecular complexity index is 411. The van der Waals surface area contributed by atoms with Crippen molar-refractivity contribution < 1.29 is 32.0 Å². The first-order valence-electron chi connectivity index (χ1n) is 5.20. The van der Waals surface area contributed by atoms with Crippen LogP contribution < -0.4 is 0 Å². The second kappa shape index (κ2) is 6.45. The van der Waals surface area contributed by atoms with Crippen molar-refractivity contribution in [2.24, 2.45) is 5.41 Å². The molecule has 4 nitrogen and oxygen atoms in total. The van der Waals surface area contributed by atoms with Crippen LogP contribution in [0.1, 0.15) is 26.2 Å². The Morgan fingerprint density at radius 3 is 1.89 bits per heavy atom. The van der Waals surface area contributed by atoms with Crippen LogP contribution in [0.25, 0.3) is 0 Å². The summed E-state index contributed by atoms with van der Waals surface area (Å²) in [6.45, 7) is 1.40. The van der Waals surface area contributed by atoms with Gasteiger partial charge in [0.25, 0.3) is 0 Å². The third-order valence-corrected chi connectivity index (χ3v) is 3.19. The van der Waals surface area contributed by atoms with Gasteiger partial charge in [0.1, 0.15) is 0 Å².